The molecule has 0 heterocycles. The fourth-order valence-corrected chi connectivity index (χ4v) is 2.19. The first kappa shape index (κ1) is 13.5. The fourth-order valence-electron chi connectivity index (χ4n) is 2.19. The Balaban J connectivity index is 2.17. The zero-order valence-electron chi connectivity index (χ0n) is 10.9. The van der Waals surface area contributed by atoms with Crippen LogP contribution < -0.4 is 11.1 Å². The maximum atomic E-state index is 11.6. The molecule has 0 aromatic carbocycles. The number of hydrogen-bond donors (Lipinski definition) is 2. The van der Waals surface area contributed by atoms with Gasteiger partial charge < -0.3 is 11.1 Å². The molecule has 1 rings (SSSR count). The molecule has 94 valence electrons. The van der Waals surface area contributed by atoms with Gasteiger partial charge in [0.2, 0.25) is 5.91 Å². The van der Waals surface area contributed by atoms with Crippen LogP contribution in [0.25, 0.3) is 0 Å². The quantitative estimate of drug-likeness (QED) is 0.774. The first-order valence-corrected chi connectivity index (χ1v) is 6.39. The van der Waals surface area contributed by atoms with Crippen molar-refractivity contribution in [2.45, 2.75) is 58.9 Å². The summed E-state index contributed by atoms with van der Waals surface area (Å²) >= 11 is 0. The summed E-state index contributed by atoms with van der Waals surface area (Å²) in [5, 5.41) is 3.04. The van der Waals surface area contributed by atoms with Gasteiger partial charge in [-0.2, -0.15) is 0 Å². The van der Waals surface area contributed by atoms with E-state index in [1.807, 2.05) is 0 Å². The number of hydrogen-bond acceptors (Lipinski definition) is 2. The molecule has 1 aliphatic carbocycles. The minimum atomic E-state index is 0.0823. The van der Waals surface area contributed by atoms with E-state index in [2.05, 4.69) is 26.1 Å². The average Bonchev–Trinajstić information content (AvgIpc) is 2.14. The average molecular weight is 226 g/mol. The third-order valence-corrected chi connectivity index (χ3v) is 3.17. The topological polar surface area (TPSA) is 55.1 Å². The Labute approximate surface area is 99.2 Å². The monoisotopic (exact) mass is 226 g/mol. The lowest BCUT2D eigenvalue weighted by molar-refractivity contribution is -0.123. The lowest BCUT2D eigenvalue weighted by Crippen LogP contribution is -2.35. The van der Waals surface area contributed by atoms with Crippen molar-refractivity contribution < 1.29 is 4.79 Å². The molecule has 3 heteroatoms. The van der Waals surface area contributed by atoms with Crippen LogP contribution in [0, 0.1) is 11.3 Å². The van der Waals surface area contributed by atoms with Crippen LogP contribution in [0.2, 0.25) is 0 Å². The van der Waals surface area contributed by atoms with E-state index in [9.17, 15) is 4.79 Å². The van der Waals surface area contributed by atoms with E-state index in [0.29, 0.717) is 18.4 Å². The SMILES string of the molecule is CC(C)(C)CC(=O)NCC1CCC(N)CC1. The predicted molar refractivity (Wildman–Crippen MR) is 67.0 cm³/mol. The van der Waals surface area contributed by atoms with Crippen LogP contribution in [0.4, 0.5) is 0 Å². The summed E-state index contributed by atoms with van der Waals surface area (Å²) in [6.45, 7) is 7.10. The van der Waals surface area contributed by atoms with Crippen molar-refractivity contribution in [1.82, 2.24) is 5.32 Å². The summed E-state index contributed by atoms with van der Waals surface area (Å²) in [5.41, 5.74) is 5.93. The zero-order valence-corrected chi connectivity index (χ0v) is 10.9. The highest BCUT2D eigenvalue weighted by atomic mass is 16.1. The lowest BCUT2D eigenvalue weighted by Gasteiger charge is -2.26. The van der Waals surface area contributed by atoms with E-state index in [4.69, 9.17) is 5.73 Å². The summed E-state index contributed by atoms with van der Waals surface area (Å²) < 4.78 is 0. The standard InChI is InChI=1S/C13H26N2O/c1-13(2,3)8-12(16)15-9-10-4-6-11(14)7-5-10/h10-11H,4-9,14H2,1-3H3,(H,15,16). The molecule has 0 radical (unpaired) electrons. The summed E-state index contributed by atoms with van der Waals surface area (Å²) in [7, 11) is 0. The molecular weight excluding hydrogens is 200 g/mol. The number of nitrogens with two attached hydrogens (primary N) is 1. The highest BCUT2D eigenvalue weighted by Crippen LogP contribution is 2.23. The molecule has 1 amide bonds. The fraction of sp³-hybridized carbons (Fsp3) is 0.923. The Hall–Kier alpha value is -0.570. The number of carbonyl (C=O) groups is 1. The molecule has 1 fully saturated rings. The molecule has 0 bridgehead atoms. The maximum absolute atomic E-state index is 11.6. The Bertz CT molecular complexity index is 225. The maximum Gasteiger partial charge on any atom is 0.220 e. The van der Waals surface area contributed by atoms with Gasteiger partial charge in [0.1, 0.15) is 0 Å². The Morgan fingerprint density at radius 1 is 1.25 bits per heavy atom. The number of carbonyl (C=O) groups excluding carboxylic acids is 1. The summed E-state index contributed by atoms with van der Waals surface area (Å²) in [5.74, 6) is 0.825. The van der Waals surface area contributed by atoms with E-state index in [0.717, 1.165) is 32.2 Å². The van der Waals surface area contributed by atoms with Crippen molar-refractivity contribution in [2.24, 2.45) is 17.1 Å². The second-order valence-electron chi connectivity index (χ2n) is 6.32. The first-order valence-electron chi connectivity index (χ1n) is 6.39. The van der Waals surface area contributed by atoms with Gasteiger partial charge in [-0.15, -0.1) is 0 Å². The van der Waals surface area contributed by atoms with Gasteiger partial charge in [-0.3, -0.25) is 4.79 Å². The number of amides is 1. The van der Waals surface area contributed by atoms with Crippen molar-refractivity contribution in [1.29, 1.82) is 0 Å². The van der Waals surface area contributed by atoms with E-state index < -0.39 is 0 Å². The summed E-state index contributed by atoms with van der Waals surface area (Å²) in [4.78, 5) is 11.6. The lowest BCUT2D eigenvalue weighted by atomic mass is 9.86. The van der Waals surface area contributed by atoms with Crippen LogP contribution in [0.3, 0.4) is 0 Å². The van der Waals surface area contributed by atoms with Crippen LogP contribution in [0.5, 0.6) is 0 Å². The van der Waals surface area contributed by atoms with Crippen LogP contribution in [0.1, 0.15) is 52.9 Å². The number of rotatable bonds is 3. The Kier molecular flexibility index (Phi) is 4.78. The summed E-state index contributed by atoms with van der Waals surface area (Å²) in [6, 6.07) is 0.390. The summed E-state index contributed by atoms with van der Waals surface area (Å²) in [6.07, 6.45) is 5.16. The highest BCUT2D eigenvalue weighted by molar-refractivity contribution is 5.76. The molecule has 3 N–H and O–H groups in total. The van der Waals surface area contributed by atoms with Crippen molar-refractivity contribution in [3.63, 3.8) is 0 Å². The molecule has 1 aliphatic rings. The van der Waals surface area contributed by atoms with Gasteiger partial charge in [0, 0.05) is 19.0 Å². The molecule has 0 aliphatic heterocycles. The molecule has 0 aromatic heterocycles. The van der Waals surface area contributed by atoms with Gasteiger partial charge in [0.15, 0.2) is 0 Å². The van der Waals surface area contributed by atoms with E-state index >= 15 is 0 Å². The van der Waals surface area contributed by atoms with Crippen LogP contribution in [-0.4, -0.2) is 18.5 Å². The predicted octanol–water partition coefficient (Wildman–Crippen LogP) is 2.06. The molecule has 16 heavy (non-hydrogen) atoms. The second kappa shape index (κ2) is 5.67. The molecule has 1 saturated carbocycles. The molecule has 0 spiro atoms. The largest absolute Gasteiger partial charge is 0.356 e. The van der Waals surface area contributed by atoms with Crippen molar-refractivity contribution >= 4 is 5.91 Å². The van der Waals surface area contributed by atoms with Gasteiger partial charge in [-0.1, -0.05) is 20.8 Å². The molecule has 0 unspecified atom stereocenters. The van der Waals surface area contributed by atoms with E-state index in [1.165, 1.54) is 0 Å². The molecule has 0 saturated heterocycles. The van der Waals surface area contributed by atoms with Gasteiger partial charge in [0.05, 0.1) is 0 Å². The molecule has 3 nitrogen and oxygen atoms in total. The second-order valence-corrected chi connectivity index (χ2v) is 6.32. The van der Waals surface area contributed by atoms with Crippen LogP contribution in [-0.2, 0) is 4.79 Å². The molecule has 0 aromatic rings. The molecule has 0 atom stereocenters. The van der Waals surface area contributed by atoms with Crippen molar-refractivity contribution in [2.75, 3.05) is 6.54 Å². The zero-order chi connectivity index (χ0) is 12.2. The van der Waals surface area contributed by atoms with Gasteiger partial charge >= 0.3 is 0 Å². The smallest absolute Gasteiger partial charge is 0.220 e. The van der Waals surface area contributed by atoms with E-state index in [-0.39, 0.29) is 11.3 Å². The minimum absolute atomic E-state index is 0.0823. The normalized spacial score (nSPS) is 26.5. The van der Waals surface area contributed by atoms with Gasteiger partial charge in [0.25, 0.3) is 0 Å². The van der Waals surface area contributed by atoms with Gasteiger partial charge in [-0.05, 0) is 37.0 Å². The third kappa shape index (κ3) is 5.50. The third-order valence-electron chi connectivity index (χ3n) is 3.17. The van der Waals surface area contributed by atoms with Crippen molar-refractivity contribution in [3.05, 3.63) is 0 Å². The number of nitrogens with one attached hydrogen (secondary N) is 1. The van der Waals surface area contributed by atoms with E-state index in [1.54, 1.807) is 0 Å². The minimum Gasteiger partial charge on any atom is -0.356 e. The Morgan fingerprint density at radius 3 is 2.31 bits per heavy atom. The Morgan fingerprint density at radius 2 is 1.81 bits per heavy atom. The van der Waals surface area contributed by atoms with Crippen LogP contribution >= 0.6 is 0 Å². The molecular formula is C13H26N2O. The van der Waals surface area contributed by atoms with Crippen LogP contribution in [0.15, 0.2) is 0 Å². The highest BCUT2D eigenvalue weighted by Gasteiger charge is 2.20. The first-order chi connectivity index (χ1) is 7.37. The van der Waals surface area contributed by atoms with Crippen molar-refractivity contribution in [3.8, 4) is 0 Å². The van der Waals surface area contributed by atoms with Gasteiger partial charge in [-0.25, -0.2) is 0 Å².